The van der Waals surface area contributed by atoms with E-state index in [4.69, 9.17) is 4.98 Å². The second kappa shape index (κ2) is 12.4. The molecule has 0 radical (unpaired) electrons. The molecule has 0 saturated heterocycles. The van der Waals surface area contributed by atoms with E-state index < -0.39 is 0 Å². The van der Waals surface area contributed by atoms with Gasteiger partial charge in [-0.1, -0.05) is 109 Å². The summed E-state index contributed by atoms with van der Waals surface area (Å²) in [7, 11) is 0. The summed E-state index contributed by atoms with van der Waals surface area (Å²) >= 11 is 0. The van der Waals surface area contributed by atoms with Crippen LogP contribution in [-0.2, 0) is 0 Å². The lowest BCUT2D eigenvalue weighted by Gasteiger charge is -2.12. The SMILES string of the molecule is c1ccc(-n2c3ccc(-c4cccc(-c5cccc(-n6c7ccccc7c7c8c9ccccc9n(-c9ccccc9)c8ccc76)c5)c4)cc3c3ncccc32)cc1. The lowest BCUT2D eigenvalue weighted by molar-refractivity contribution is 1.17. The van der Waals surface area contributed by atoms with E-state index in [1.807, 2.05) is 12.3 Å². The van der Waals surface area contributed by atoms with E-state index in [1.54, 1.807) is 0 Å². The average Bonchev–Trinajstić information content (AvgIpc) is 3.92. The van der Waals surface area contributed by atoms with Crippen LogP contribution in [0, 0.1) is 0 Å². The summed E-state index contributed by atoms with van der Waals surface area (Å²) in [5.41, 5.74) is 16.2. The first-order valence-corrected chi connectivity index (χ1v) is 19.5. The first kappa shape index (κ1) is 31.6. The first-order chi connectivity index (χ1) is 28.3. The largest absolute Gasteiger partial charge is 0.309 e. The van der Waals surface area contributed by atoms with Gasteiger partial charge in [-0.3, -0.25) is 4.98 Å². The Bertz CT molecular complexity index is 3510. The maximum Gasteiger partial charge on any atom is 0.0963 e. The molecule has 0 fully saturated rings. The quantitative estimate of drug-likeness (QED) is 0.174. The van der Waals surface area contributed by atoms with Gasteiger partial charge < -0.3 is 13.7 Å². The number of aromatic nitrogens is 4. The zero-order chi connectivity index (χ0) is 37.5. The first-order valence-electron chi connectivity index (χ1n) is 19.5. The Morgan fingerprint density at radius 3 is 1.39 bits per heavy atom. The molecule has 12 rings (SSSR count). The molecule has 4 nitrogen and oxygen atoms in total. The average molecular weight is 727 g/mol. The van der Waals surface area contributed by atoms with Gasteiger partial charge in [-0.15, -0.1) is 0 Å². The van der Waals surface area contributed by atoms with Crippen molar-refractivity contribution in [1.29, 1.82) is 0 Å². The van der Waals surface area contributed by atoms with Crippen molar-refractivity contribution in [2.75, 3.05) is 0 Å². The molecule has 4 aromatic heterocycles. The molecule has 57 heavy (non-hydrogen) atoms. The second-order valence-corrected chi connectivity index (χ2v) is 14.8. The molecule has 4 heterocycles. The van der Waals surface area contributed by atoms with Crippen molar-refractivity contribution in [3.8, 4) is 39.3 Å². The highest BCUT2D eigenvalue weighted by Crippen LogP contribution is 2.43. The van der Waals surface area contributed by atoms with Gasteiger partial charge in [-0.2, -0.15) is 0 Å². The van der Waals surface area contributed by atoms with Crippen LogP contribution in [0.2, 0.25) is 0 Å². The molecule has 0 amide bonds. The van der Waals surface area contributed by atoms with Crippen LogP contribution in [0.5, 0.6) is 0 Å². The summed E-state index contributed by atoms with van der Waals surface area (Å²) in [5, 5.41) is 6.21. The lowest BCUT2D eigenvalue weighted by Crippen LogP contribution is -1.95. The highest BCUT2D eigenvalue weighted by Gasteiger charge is 2.21. The Morgan fingerprint density at radius 2 is 0.737 bits per heavy atom. The zero-order valence-corrected chi connectivity index (χ0v) is 30.9. The summed E-state index contributed by atoms with van der Waals surface area (Å²) in [4.78, 5) is 4.85. The van der Waals surface area contributed by atoms with E-state index in [9.17, 15) is 0 Å². The zero-order valence-electron chi connectivity index (χ0n) is 30.9. The minimum atomic E-state index is 1.01. The third-order valence-electron chi connectivity index (χ3n) is 11.7. The fourth-order valence-electron chi connectivity index (χ4n) is 9.22. The van der Waals surface area contributed by atoms with Crippen molar-refractivity contribution in [1.82, 2.24) is 18.7 Å². The number of rotatable bonds is 5. The van der Waals surface area contributed by atoms with Crippen LogP contribution < -0.4 is 0 Å². The van der Waals surface area contributed by atoms with Crippen LogP contribution in [0.15, 0.2) is 206 Å². The van der Waals surface area contributed by atoms with Crippen LogP contribution in [0.1, 0.15) is 0 Å². The molecule has 0 atom stereocenters. The van der Waals surface area contributed by atoms with E-state index in [1.165, 1.54) is 65.9 Å². The molecule has 0 saturated carbocycles. The molecule has 8 aromatic carbocycles. The lowest BCUT2D eigenvalue weighted by atomic mass is 9.98. The van der Waals surface area contributed by atoms with Gasteiger partial charge in [0, 0.05) is 50.2 Å². The number of nitrogens with zero attached hydrogens (tertiary/aromatic N) is 4. The monoisotopic (exact) mass is 726 g/mol. The Kier molecular flexibility index (Phi) is 6.89. The Labute approximate surface area is 328 Å². The van der Waals surface area contributed by atoms with Crippen molar-refractivity contribution < 1.29 is 0 Å². The number of fused-ring (bicyclic) bond motifs is 10. The molecule has 0 unspecified atom stereocenters. The number of benzene rings is 8. The van der Waals surface area contributed by atoms with Gasteiger partial charge >= 0.3 is 0 Å². The highest BCUT2D eigenvalue weighted by atomic mass is 15.0. The highest BCUT2D eigenvalue weighted by molar-refractivity contribution is 6.29. The van der Waals surface area contributed by atoms with Crippen LogP contribution >= 0.6 is 0 Å². The molecule has 0 bridgehead atoms. The summed E-state index contributed by atoms with van der Waals surface area (Å²) in [6, 6.07) is 72.4. The Balaban J connectivity index is 1.01. The van der Waals surface area contributed by atoms with Gasteiger partial charge in [0.2, 0.25) is 0 Å². The van der Waals surface area contributed by atoms with E-state index in [-0.39, 0.29) is 0 Å². The normalized spacial score (nSPS) is 11.9. The van der Waals surface area contributed by atoms with Gasteiger partial charge in [-0.25, -0.2) is 0 Å². The van der Waals surface area contributed by atoms with Gasteiger partial charge in [-0.05, 0) is 113 Å². The van der Waals surface area contributed by atoms with E-state index in [0.29, 0.717) is 0 Å². The number of hydrogen-bond acceptors (Lipinski definition) is 1. The Morgan fingerprint density at radius 1 is 0.281 bits per heavy atom. The number of hydrogen-bond donors (Lipinski definition) is 0. The molecule has 4 heteroatoms. The third-order valence-corrected chi connectivity index (χ3v) is 11.7. The fourth-order valence-corrected chi connectivity index (χ4v) is 9.22. The molecule has 0 N–H and O–H groups in total. The van der Waals surface area contributed by atoms with Crippen LogP contribution in [-0.4, -0.2) is 18.7 Å². The smallest absolute Gasteiger partial charge is 0.0963 e. The maximum atomic E-state index is 4.85. The third kappa shape index (κ3) is 4.77. The summed E-state index contributed by atoms with van der Waals surface area (Å²) < 4.78 is 7.15. The molecular weight excluding hydrogens is 693 g/mol. The summed E-state index contributed by atoms with van der Waals surface area (Å²) in [6.07, 6.45) is 1.89. The summed E-state index contributed by atoms with van der Waals surface area (Å²) in [5.74, 6) is 0. The van der Waals surface area contributed by atoms with Crippen molar-refractivity contribution in [2.24, 2.45) is 0 Å². The van der Waals surface area contributed by atoms with Crippen molar-refractivity contribution in [3.05, 3.63) is 206 Å². The topological polar surface area (TPSA) is 27.7 Å². The van der Waals surface area contributed by atoms with Crippen LogP contribution in [0.3, 0.4) is 0 Å². The molecule has 0 spiro atoms. The molecule has 12 aromatic rings. The molecule has 266 valence electrons. The minimum absolute atomic E-state index is 1.01. The van der Waals surface area contributed by atoms with Gasteiger partial charge in [0.25, 0.3) is 0 Å². The van der Waals surface area contributed by atoms with Crippen molar-refractivity contribution >= 4 is 65.5 Å². The standard InChI is InChI=1S/C53H34N4/c1-3-17-39(18-4-1)55-45-24-9-7-22-42(45)51-48(55)29-30-49-52(51)43-23-8-10-25-46(43)57(49)41-21-12-16-37(33-41)35-14-11-15-36(32-35)38-27-28-47-44(34-38)53-50(26-13-31-54-53)56(47)40-19-5-2-6-20-40/h1-34H. The predicted molar refractivity (Wildman–Crippen MR) is 238 cm³/mol. The molecule has 0 aliphatic carbocycles. The van der Waals surface area contributed by atoms with Crippen LogP contribution in [0.25, 0.3) is 105 Å². The van der Waals surface area contributed by atoms with E-state index in [0.717, 1.165) is 39.0 Å². The van der Waals surface area contributed by atoms with E-state index >= 15 is 0 Å². The molecule has 0 aliphatic rings. The molecular formula is C53H34N4. The van der Waals surface area contributed by atoms with Crippen LogP contribution in [0.4, 0.5) is 0 Å². The fraction of sp³-hybridized carbons (Fsp3) is 0. The minimum Gasteiger partial charge on any atom is -0.309 e. The maximum absolute atomic E-state index is 4.85. The Hall–Kier alpha value is -7.69. The summed E-state index contributed by atoms with van der Waals surface area (Å²) in [6.45, 7) is 0. The van der Waals surface area contributed by atoms with Gasteiger partial charge in [0.05, 0.1) is 38.6 Å². The van der Waals surface area contributed by atoms with Crippen molar-refractivity contribution in [2.45, 2.75) is 0 Å². The number of para-hydroxylation sites is 4. The molecule has 0 aliphatic heterocycles. The van der Waals surface area contributed by atoms with Crippen molar-refractivity contribution in [3.63, 3.8) is 0 Å². The number of pyridine rings is 1. The second-order valence-electron chi connectivity index (χ2n) is 14.8. The van der Waals surface area contributed by atoms with E-state index in [2.05, 4.69) is 208 Å². The van der Waals surface area contributed by atoms with Gasteiger partial charge in [0.1, 0.15) is 0 Å². The van der Waals surface area contributed by atoms with Gasteiger partial charge in [0.15, 0.2) is 0 Å². The predicted octanol–water partition coefficient (Wildman–Crippen LogP) is 13.7.